The van der Waals surface area contributed by atoms with E-state index < -0.39 is 0 Å². The highest BCUT2D eigenvalue weighted by Crippen LogP contribution is 2.02. The van der Waals surface area contributed by atoms with E-state index in [2.05, 4.69) is 18.8 Å². The summed E-state index contributed by atoms with van der Waals surface area (Å²) >= 11 is 9.97. The predicted molar refractivity (Wildman–Crippen MR) is 50.8 cm³/mol. The lowest BCUT2D eigenvalue weighted by atomic mass is 10.4. The van der Waals surface area contributed by atoms with Gasteiger partial charge in [0.2, 0.25) is 0 Å². The molecule has 1 heterocycles. The highest BCUT2D eigenvalue weighted by atomic mass is 32.1. The molecular weight excluding hydrogens is 176 g/mol. The Kier molecular flexibility index (Phi) is 2.57. The average Bonchev–Trinajstić information content (AvgIpc) is 1.85. The summed E-state index contributed by atoms with van der Waals surface area (Å²) in [4.78, 5) is 2.91. The van der Waals surface area contributed by atoms with Crippen molar-refractivity contribution in [3.8, 4) is 0 Å². The van der Waals surface area contributed by atoms with Crippen LogP contribution in [0.3, 0.4) is 0 Å². The second kappa shape index (κ2) is 3.28. The first-order valence-electron chi connectivity index (χ1n) is 3.42. The van der Waals surface area contributed by atoms with Crippen molar-refractivity contribution in [2.45, 2.75) is 19.9 Å². The summed E-state index contributed by atoms with van der Waals surface area (Å²) in [6, 6.07) is 2.22. The van der Waals surface area contributed by atoms with Crippen molar-refractivity contribution in [1.82, 2.24) is 9.55 Å². The lowest BCUT2D eigenvalue weighted by Crippen LogP contribution is -2.03. The minimum atomic E-state index is 0.384. The van der Waals surface area contributed by atoms with Gasteiger partial charge in [-0.15, -0.1) is 0 Å². The molecule has 4 heteroatoms. The fourth-order valence-electron chi connectivity index (χ4n) is 0.834. The normalized spacial score (nSPS) is 10.5. The summed E-state index contributed by atoms with van der Waals surface area (Å²) in [5, 5.41) is 0. The maximum absolute atomic E-state index is 5.06. The summed E-state index contributed by atoms with van der Waals surface area (Å²) in [5.41, 5.74) is 0. The number of hydrogen-bond donors (Lipinski definition) is 1. The van der Waals surface area contributed by atoms with Crippen LogP contribution in [0.2, 0.25) is 0 Å². The predicted octanol–water partition coefficient (Wildman–Crippen LogP) is 2.86. The topological polar surface area (TPSA) is 20.7 Å². The van der Waals surface area contributed by atoms with Crippen LogP contribution >= 0.6 is 24.4 Å². The van der Waals surface area contributed by atoms with Crippen LogP contribution in [-0.2, 0) is 0 Å². The van der Waals surface area contributed by atoms with Gasteiger partial charge in [0, 0.05) is 12.2 Å². The quantitative estimate of drug-likeness (QED) is 0.681. The van der Waals surface area contributed by atoms with E-state index in [1.54, 1.807) is 0 Å². The Labute approximate surface area is 75.9 Å². The second-order valence-corrected chi connectivity index (χ2v) is 3.44. The third kappa shape index (κ3) is 1.97. The Morgan fingerprint density at radius 1 is 1.45 bits per heavy atom. The molecule has 0 radical (unpaired) electrons. The van der Waals surface area contributed by atoms with E-state index in [1.807, 2.05) is 16.8 Å². The van der Waals surface area contributed by atoms with Gasteiger partial charge < -0.3 is 9.55 Å². The van der Waals surface area contributed by atoms with Crippen LogP contribution in [0.15, 0.2) is 12.3 Å². The minimum Gasteiger partial charge on any atom is -0.323 e. The van der Waals surface area contributed by atoms with Crippen molar-refractivity contribution >= 4 is 24.4 Å². The van der Waals surface area contributed by atoms with E-state index in [4.69, 9.17) is 24.4 Å². The Bertz CT molecular complexity index is 348. The van der Waals surface area contributed by atoms with E-state index in [0.717, 1.165) is 0 Å². The Hall–Kier alpha value is -0.480. The summed E-state index contributed by atoms with van der Waals surface area (Å²) < 4.78 is 3.34. The van der Waals surface area contributed by atoms with Crippen molar-refractivity contribution < 1.29 is 0 Å². The lowest BCUT2D eigenvalue weighted by molar-refractivity contribution is 0.576. The summed E-state index contributed by atoms with van der Waals surface area (Å²) in [5.74, 6) is 0. The van der Waals surface area contributed by atoms with E-state index >= 15 is 0 Å². The maximum Gasteiger partial charge on any atom is 0.178 e. The molecule has 1 rings (SSSR count). The molecule has 0 saturated carbocycles. The van der Waals surface area contributed by atoms with Gasteiger partial charge in [0.15, 0.2) is 4.77 Å². The van der Waals surface area contributed by atoms with Gasteiger partial charge in [-0.2, -0.15) is 0 Å². The van der Waals surface area contributed by atoms with E-state index in [-0.39, 0.29) is 0 Å². The fourth-order valence-corrected chi connectivity index (χ4v) is 1.44. The van der Waals surface area contributed by atoms with Crippen LogP contribution in [0.25, 0.3) is 0 Å². The molecule has 0 saturated heterocycles. The number of nitrogens with one attached hydrogen (secondary N) is 1. The fraction of sp³-hybridized carbons (Fsp3) is 0.429. The molecule has 0 fully saturated rings. The average molecular weight is 186 g/mol. The van der Waals surface area contributed by atoms with Gasteiger partial charge in [-0.05, 0) is 32.1 Å². The third-order valence-corrected chi connectivity index (χ3v) is 1.96. The molecular formula is C7H10N2S2. The molecule has 0 aliphatic heterocycles. The molecule has 0 aliphatic carbocycles. The third-order valence-electron chi connectivity index (χ3n) is 1.41. The molecule has 0 bridgehead atoms. The van der Waals surface area contributed by atoms with Crippen LogP contribution in [0.5, 0.6) is 0 Å². The molecule has 0 unspecified atom stereocenters. The van der Waals surface area contributed by atoms with Crippen molar-refractivity contribution in [3.63, 3.8) is 0 Å². The largest absolute Gasteiger partial charge is 0.323 e. The summed E-state index contributed by atoms with van der Waals surface area (Å²) in [6.07, 6.45) is 1.91. The van der Waals surface area contributed by atoms with Gasteiger partial charge in [0.1, 0.15) is 4.64 Å². The molecule has 60 valence electrons. The molecule has 0 amide bonds. The van der Waals surface area contributed by atoms with E-state index in [9.17, 15) is 0 Å². The van der Waals surface area contributed by atoms with Crippen molar-refractivity contribution in [2.24, 2.45) is 0 Å². The minimum absolute atomic E-state index is 0.384. The Morgan fingerprint density at radius 2 is 2.09 bits per heavy atom. The van der Waals surface area contributed by atoms with Crippen molar-refractivity contribution in [2.75, 3.05) is 0 Å². The summed E-state index contributed by atoms with van der Waals surface area (Å²) in [6.45, 7) is 4.15. The first-order chi connectivity index (χ1) is 5.11. The zero-order valence-electron chi connectivity index (χ0n) is 6.50. The van der Waals surface area contributed by atoms with Gasteiger partial charge in [-0.25, -0.2) is 0 Å². The molecule has 1 aromatic rings. The number of aromatic amines is 1. The zero-order valence-corrected chi connectivity index (χ0v) is 8.13. The first-order valence-corrected chi connectivity index (χ1v) is 4.24. The van der Waals surface area contributed by atoms with Crippen LogP contribution in [0, 0.1) is 9.41 Å². The number of hydrogen-bond acceptors (Lipinski definition) is 2. The van der Waals surface area contributed by atoms with Gasteiger partial charge in [-0.1, -0.05) is 12.2 Å². The van der Waals surface area contributed by atoms with E-state index in [0.29, 0.717) is 15.5 Å². The number of rotatable bonds is 1. The van der Waals surface area contributed by atoms with Crippen LogP contribution in [0.1, 0.15) is 19.9 Å². The Morgan fingerprint density at radius 3 is 2.55 bits per heavy atom. The molecule has 0 aromatic carbocycles. The van der Waals surface area contributed by atoms with E-state index in [1.165, 1.54) is 0 Å². The smallest absolute Gasteiger partial charge is 0.178 e. The molecule has 2 nitrogen and oxygen atoms in total. The van der Waals surface area contributed by atoms with Crippen LogP contribution < -0.4 is 0 Å². The van der Waals surface area contributed by atoms with Crippen LogP contribution in [-0.4, -0.2) is 9.55 Å². The Balaban J connectivity index is 3.32. The summed E-state index contributed by atoms with van der Waals surface area (Å²) in [7, 11) is 0. The van der Waals surface area contributed by atoms with Crippen molar-refractivity contribution in [1.29, 1.82) is 0 Å². The highest BCUT2D eigenvalue weighted by molar-refractivity contribution is 7.72. The SMILES string of the molecule is CC(C)n1ccc(=S)[nH]c1=S. The van der Waals surface area contributed by atoms with Gasteiger partial charge in [0.25, 0.3) is 0 Å². The lowest BCUT2D eigenvalue weighted by Gasteiger charge is -2.09. The zero-order chi connectivity index (χ0) is 8.43. The standard InChI is InChI=1S/C7H10N2S2/c1-5(2)9-4-3-6(10)8-7(9)11/h3-5H,1-2H3,(H,8,10,11). The first kappa shape index (κ1) is 8.62. The van der Waals surface area contributed by atoms with Crippen molar-refractivity contribution in [3.05, 3.63) is 21.7 Å². The molecule has 0 aliphatic rings. The maximum atomic E-state index is 5.06. The van der Waals surface area contributed by atoms with Gasteiger partial charge in [-0.3, -0.25) is 0 Å². The second-order valence-electron chi connectivity index (χ2n) is 2.61. The van der Waals surface area contributed by atoms with Gasteiger partial charge in [0.05, 0.1) is 0 Å². The molecule has 0 spiro atoms. The van der Waals surface area contributed by atoms with Crippen LogP contribution in [0.4, 0.5) is 0 Å². The molecule has 1 aromatic heterocycles. The number of aromatic nitrogens is 2. The monoisotopic (exact) mass is 186 g/mol. The molecule has 1 N–H and O–H groups in total. The molecule has 11 heavy (non-hydrogen) atoms. The number of H-pyrrole nitrogens is 1. The van der Waals surface area contributed by atoms with Gasteiger partial charge >= 0.3 is 0 Å². The molecule has 0 atom stereocenters. The highest BCUT2D eigenvalue weighted by Gasteiger charge is 1.94. The number of nitrogens with zero attached hydrogens (tertiary/aromatic N) is 1.